The molecular formula is C16H20O2. The molecule has 0 aliphatic carbocycles. The molecule has 0 aliphatic rings. The minimum Gasteiger partial charge on any atom is -0.504 e. The molecule has 96 valence electrons. The lowest BCUT2D eigenvalue weighted by Crippen LogP contribution is -1.89. The summed E-state index contributed by atoms with van der Waals surface area (Å²) < 4.78 is 0. The van der Waals surface area contributed by atoms with Gasteiger partial charge in [-0.15, -0.1) is 0 Å². The number of phenols is 2. The van der Waals surface area contributed by atoms with Gasteiger partial charge in [-0.3, -0.25) is 0 Å². The van der Waals surface area contributed by atoms with Gasteiger partial charge in [0, 0.05) is 5.39 Å². The zero-order valence-electron chi connectivity index (χ0n) is 10.8. The molecule has 2 heteroatoms. The van der Waals surface area contributed by atoms with E-state index in [1.54, 1.807) is 0 Å². The van der Waals surface area contributed by atoms with Crippen molar-refractivity contribution in [2.75, 3.05) is 0 Å². The van der Waals surface area contributed by atoms with Crippen molar-refractivity contribution in [3.8, 4) is 11.5 Å². The molecule has 0 fully saturated rings. The van der Waals surface area contributed by atoms with Crippen LogP contribution in [0.5, 0.6) is 11.5 Å². The summed E-state index contributed by atoms with van der Waals surface area (Å²) in [7, 11) is 0. The lowest BCUT2D eigenvalue weighted by atomic mass is 10.00. The van der Waals surface area contributed by atoms with Gasteiger partial charge >= 0.3 is 0 Å². The summed E-state index contributed by atoms with van der Waals surface area (Å²) in [5, 5.41) is 21.7. The van der Waals surface area contributed by atoms with Gasteiger partial charge in [0.05, 0.1) is 0 Å². The summed E-state index contributed by atoms with van der Waals surface area (Å²) in [5.74, 6) is 0.0591. The van der Waals surface area contributed by atoms with Crippen LogP contribution >= 0.6 is 0 Å². The standard InChI is InChI=1S/C16H20O2/c1-2-3-4-5-9-13-11-12-8-6-7-10-14(12)16(18)15(13)17/h6-8,10-11,17-18H,2-5,9H2,1H3. The largest absolute Gasteiger partial charge is 0.504 e. The molecule has 0 radical (unpaired) electrons. The molecule has 0 bridgehead atoms. The molecule has 2 aromatic rings. The van der Waals surface area contributed by atoms with Gasteiger partial charge in [-0.05, 0) is 29.9 Å². The number of phenolic OH excluding ortho intramolecular Hbond substituents is 2. The van der Waals surface area contributed by atoms with Crippen LogP contribution in [-0.2, 0) is 6.42 Å². The predicted molar refractivity (Wildman–Crippen MR) is 75.1 cm³/mol. The second kappa shape index (κ2) is 5.76. The first kappa shape index (κ1) is 12.7. The normalized spacial score (nSPS) is 10.9. The number of aromatic hydroxyl groups is 2. The Bertz CT molecular complexity index is 532. The molecule has 18 heavy (non-hydrogen) atoms. The van der Waals surface area contributed by atoms with Gasteiger partial charge in [-0.1, -0.05) is 50.5 Å². The van der Waals surface area contributed by atoms with Gasteiger partial charge in [-0.2, -0.15) is 0 Å². The molecule has 0 atom stereocenters. The van der Waals surface area contributed by atoms with Crippen molar-refractivity contribution in [2.24, 2.45) is 0 Å². The van der Waals surface area contributed by atoms with Crippen LogP contribution in [0, 0.1) is 0 Å². The van der Waals surface area contributed by atoms with Crippen LogP contribution < -0.4 is 0 Å². The number of fused-ring (bicyclic) bond motifs is 1. The van der Waals surface area contributed by atoms with Crippen LogP contribution in [0.2, 0.25) is 0 Å². The van der Waals surface area contributed by atoms with Gasteiger partial charge in [0.25, 0.3) is 0 Å². The van der Waals surface area contributed by atoms with Gasteiger partial charge in [0.2, 0.25) is 0 Å². The molecule has 2 nitrogen and oxygen atoms in total. The van der Waals surface area contributed by atoms with Crippen molar-refractivity contribution in [3.63, 3.8) is 0 Å². The van der Waals surface area contributed by atoms with Crippen LogP contribution in [0.4, 0.5) is 0 Å². The Kier molecular flexibility index (Phi) is 4.08. The smallest absolute Gasteiger partial charge is 0.165 e. The molecular weight excluding hydrogens is 224 g/mol. The van der Waals surface area contributed by atoms with Crippen LogP contribution in [0.1, 0.15) is 38.2 Å². The van der Waals surface area contributed by atoms with Gasteiger partial charge in [0.1, 0.15) is 0 Å². The maximum absolute atomic E-state index is 10.0. The highest BCUT2D eigenvalue weighted by molar-refractivity contribution is 5.91. The van der Waals surface area contributed by atoms with Crippen molar-refractivity contribution < 1.29 is 10.2 Å². The van der Waals surface area contributed by atoms with E-state index in [1.807, 2.05) is 30.3 Å². The van der Waals surface area contributed by atoms with Crippen molar-refractivity contribution in [1.29, 1.82) is 0 Å². The average molecular weight is 244 g/mol. The minimum atomic E-state index is 0.0126. The van der Waals surface area contributed by atoms with Gasteiger partial charge in [0.15, 0.2) is 11.5 Å². The molecule has 0 aromatic heterocycles. The fraction of sp³-hybridized carbons (Fsp3) is 0.375. The third-order valence-corrected chi connectivity index (χ3v) is 3.37. The molecule has 0 saturated heterocycles. The second-order valence-corrected chi connectivity index (χ2v) is 4.76. The van der Waals surface area contributed by atoms with Gasteiger partial charge < -0.3 is 10.2 Å². The van der Waals surface area contributed by atoms with E-state index in [-0.39, 0.29) is 11.5 Å². The third-order valence-electron chi connectivity index (χ3n) is 3.37. The highest BCUT2D eigenvalue weighted by Gasteiger charge is 2.10. The van der Waals surface area contributed by atoms with E-state index < -0.39 is 0 Å². The Morgan fingerprint density at radius 3 is 2.50 bits per heavy atom. The SMILES string of the molecule is CCCCCCc1cc2ccccc2c(O)c1O. The van der Waals surface area contributed by atoms with E-state index >= 15 is 0 Å². The topological polar surface area (TPSA) is 40.5 Å². The molecule has 2 N–H and O–H groups in total. The molecule has 0 saturated carbocycles. The quantitative estimate of drug-likeness (QED) is 0.605. The fourth-order valence-electron chi connectivity index (χ4n) is 2.31. The monoisotopic (exact) mass is 244 g/mol. The molecule has 0 amide bonds. The van der Waals surface area contributed by atoms with Crippen LogP contribution in [0.15, 0.2) is 30.3 Å². The van der Waals surface area contributed by atoms with E-state index in [2.05, 4.69) is 6.92 Å². The Balaban J connectivity index is 2.25. The molecule has 0 heterocycles. The summed E-state index contributed by atoms with van der Waals surface area (Å²) in [6.07, 6.45) is 5.47. The summed E-state index contributed by atoms with van der Waals surface area (Å²) >= 11 is 0. The molecule has 0 unspecified atom stereocenters. The maximum atomic E-state index is 10.0. The summed E-state index contributed by atoms with van der Waals surface area (Å²) in [4.78, 5) is 0. The van der Waals surface area contributed by atoms with E-state index in [0.717, 1.165) is 23.8 Å². The number of unbranched alkanes of at least 4 members (excludes halogenated alkanes) is 3. The first-order valence-corrected chi connectivity index (χ1v) is 6.66. The second-order valence-electron chi connectivity index (χ2n) is 4.76. The van der Waals surface area contributed by atoms with E-state index in [0.29, 0.717) is 5.39 Å². The van der Waals surface area contributed by atoms with Crippen molar-refractivity contribution in [1.82, 2.24) is 0 Å². The Hall–Kier alpha value is -1.70. The van der Waals surface area contributed by atoms with E-state index in [4.69, 9.17) is 0 Å². The van der Waals surface area contributed by atoms with E-state index in [9.17, 15) is 10.2 Å². The van der Waals surface area contributed by atoms with Crippen molar-refractivity contribution in [2.45, 2.75) is 39.0 Å². The number of benzene rings is 2. The highest BCUT2D eigenvalue weighted by atomic mass is 16.3. The number of rotatable bonds is 5. The molecule has 0 spiro atoms. The first-order valence-electron chi connectivity index (χ1n) is 6.66. The molecule has 2 aromatic carbocycles. The summed E-state index contributed by atoms with van der Waals surface area (Å²) in [6, 6.07) is 9.58. The van der Waals surface area contributed by atoms with Crippen molar-refractivity contribution >= 4 is 10.8 Å². The van der Waals surface area contributed by atoms with Gasteiger partial charge in [-0.25, -0.2) is 0 Å². The Labute approximate surface area is 108 Å². The lowest BCUT2D eigenvalue weighted by molar-refractivity contribution is 0.403. The summed E-state index contributed by atoms with van der Waals surface area (Å²) in [6.45, 7) is 2.18. The zero-order chi connectivity index (χ0) is 13.0. The fourth-order valence-corrected chi connectivity index (χ4v) is 2.31. The third kappa shape index (κ3) is 2.58. The van der Waals surface area contributed by atoms with E-state index in [1.165, 1.54) is 19.3 Å². The average Bonchev–Trinajstić information content (AvgIpc) is 2.40. The van der Waals surface area contributed by atoms with Crippen LogP contribution in [0.25, 0.3) is 10.8 Å². The van der Waals surface area contributed by atoms with Crippen LogP contribution in [-0.4, -0.2) is 10.2 Å². The lowest BCUT2D eigenvalue weighted by Gasteiger charge is -2.09. The maximum Gasteiger partial charge on any atom is 0.165 e. The zero-order valence-corrected chi connectivity index (χ0v) is 10.8. The molecule has 2 rings (SSSR count). The molecule has 0 aliphatic heterocycles. The predicted octanol–water partition coefficient (Wildman–Crippen LogP) is 4.37. The minimum absolute atomic E-state index is 0.0126. The number of hydrogen-bond donors (Lipinski definition) is 2. The van der Waals surface area contributed by atoms with Crippen molar-refractivity contribution in [3.05, 3.63) is 35.9 Å². The number of aryl methyl sites for hydroxylation is 1. The Morgan fingerprint density at radius 2 is 1.72 bits per heavy atom. The summed E-state index contributed by atoms with van der Waals surface area (Å²) in [5.41, 5.74) is 0.849. The highest BCUT2D eigenvalue weighted by Crippen LogP contribution is 2.37. The Morgan fingerprint density at radius 1 is 0.944 bits per heavy atom. The van der Waals surface area contributed by atoms with Crippen LogP contribution in [0.3, 0.4) is 0 Å². The first-order chi connectivity index (χ1) is 8.74. The number of hydrogen-bond acceptors (Lipinski definition) is 2.